The smallest absolute Gasteiger partial charge is 0.101 e. The number of hydrogen-bond donors (Lipinski definition) is 3. The van der Waals surface area contributed by atoms with E-state index in [-0.39, 0.29) is 29.3 Å². The molecule has 0 aromatic rings. The second-order valence-corrected chi connectivity index (χ2v) is 6.41. The number of aliphatic hydroxyl groups excluding tert-OH is 2. The average molecular weight is 244 g/mol. The van der Waals surface area contributed by atoms with Gasteiger partial charge in [0.15, 0.2) is 0 Å². The van der Waals surface area contributed by atoms with Gasteiger partial charge in [0.1, 0.15) is 6.10 Å². The van der Waals surface area contributed by atoms with E-state index in [0.29, 0.717) is 0 Å². The van der Waals surface area contributed by atoms with Crippen molar-refractivity contribution in [3.05, 3.63) is 0 Å². The summed E-state index contributed by atoms with van der Waals surface area (Å²) in [6.45, 7) is 6.22. The van der Waals surface area contributed by atoms with Gasteiger partial charge in [-0.25, -0.2) is 4.89 Å². The zero-order valence-corrected chi connectivity index (χ0v) is 10.8. The van der Waals surface area contributed by atoms with Gasteiger partial charge in [0.05, 0.1) is 12.2 Å². The lowest BCUT2D eigenvalue weighted by molar-refractivity contribution is -0.320. The molecule has 17 heavy (non-hydrogen) atoms. The number of rotatable bonds is 4. The largest absolute Gasteiger partial charge is 0.390 e. The average Bonchev–Trinajstić information content (AvgIpc) is 2.81. The maximum absolute atomic E-state index is 9.95. The number of aliphatic hydroxyl groups is 2. The van der Waals surface area contributed by atoms with Crippen molar-refractivity contribution < 1.29 is 20.4 Å². The summed E-state index contributed by atoms with van der Waals surface area (Å²) in [6, 6.07) is 0. The number of fused-ring (bicyclic) bond motifs is 2. The summed E-state index contributed by atoms with van der Waals surface area (Å²) in [5.41, 5.74) is -0.116. The minimum atomic E-state index is -0.649. The van der Waals surface area contributed by atoms with E-state index in [1.807, 2.05) is 0 Å². The molecule has 4 nitrogen and oxygen atoms in total. The molecule has 2 rings (SSSR count). The quantitative estimate of drug-likeness (QED) is 0.519. The first-order valence-electron chi connectivity index (χ1n) is 6.58. The molecule has 2 bridgehead atoms. The molecule has 6 atom stereocenters. The molecular weight excluding hydrogens is 220 g/mol. The molecule has 0 saturated heterocycles. The Morgan fingerprint density at radius 3 is 2.29 bits per heavy atom. The minimum absolute atomic E-state index is 0.0676. The van der Waals surface area contributed by atoms with Crippen LogP contribution in [0.3, 0.4) is 0 Å². The SMILES string of the molecule is CCC(C)(C)C(OO)C1CC2CC1C(O)C2O. The molecule has 0 radical (unpaired) electrons. The molecule has 2 aliphatic rings. The van der Waals surface area contributed by atoms with Crippen LogP contribution in [-0.2, 0) is 4.89 Å². The third-order valence-electron chi connectivity index (χ3n) is 5.16. The van der Waals surface area contributed by atoms with Crippen molar-refractivity contribution >= 4 is 0 Å². The monoisotopic (exact) mass is 244 g/mol. The lowest BCUT2D eigenvalue weighted by atomic mass is 9.71. The Kier molecular flexibility index (Phi) is 3.51. The molecule has 0 aromatic carbocycles. The lowest BCUT2D eigenvalue weighted by Gasteiger charge is -2.40. The van der Waals surface area contributed by atoms with Crippen LogP contribution in [0.1, 0.15) is 40.0 Å². The maximum atomic E-state index is 9.95. The highest BCUT2D eigenvalue weighted by atomic mass is 17.1. The van der Waals surface area contributed by atoms with Gasteiger partial charge in [0.2, 0.25) is 0 Å². The van der Waals surface area contributed by atoms with Crippen LogP contribution in [0.4, 0.5) is 0 Å². The molecule has 2 fully saturated rings. The molecule has 100 valence electrons. The second-order valence-electron chi connectivity index (χ2n) is 6.41. The van der Waals surface area contributed by atoms with Crippen LogP contribution in [0.15, 0.2) is 0 Å². The first-order valence-corrected chi connectivity index (χ1v) is 6.58. The predicted octanol–water partition coefficient (Wildman–Crippen LogP) is 1.66. The third kappa shape index (κ3) is 2.01. The first kappa shape index (κ1) is 13.3. The molecular formula is C13H24O4. The van der Waals surface area contributed by atoms with E-state index in [9.17, 15) is 15.5 Å². The minimum Gasteiger partial charge on any atom is -0.390 e. The predicted molar refractivity (Wildman–Crippen MR) is 63.3 cm³/mol. The normalized spacial score (nSPS) is 43.1. The zero-order chi connectivity index (χ0) is 12.8. The highest BCUT2D eigenvalue weighted by Crippen LogP contribution is 2.53. The summed E-state index contributed by atoms with van der Waals surface area (Å²) < 4.78 is 0. The summed E-state index contributed by atoms with van der Waals surface area (Å²) in [7, 11) is 0. The highest BCUT2D eigenvalue weighted by molar-refractivity contribution is 5.05. The standard InChI is InChI=1S/C13H24O4/c1-4-13(2,3)12(17-16)9-6-7-5-8(9)11(15)10(7)14/h7-12,14-16H,4-6H2,1-3H3. The summed E-state index contributed by atoms with van der Waals surface area (Å²) in [4.78, 5) is 4.73. The van der Waals surface area contributed by atoms with Crippen LogP contribution in [0.25, 0.3) is 0 Å². The molecule has 0 heterocycles. The molecule has 0 aromatic heterocycles. The van der Waals surface area contributed by atoms with E-state index in [2.05, 4.69) is 20.8 Å². The van der Waals surface area contributed by atoms with Crippen molar-refractivity contribution in [1.82, 2.24) is 0 Å². The molecule has 0 amide bonds. The summed E-state index contributed by atoms with van der Waals surface area (Å²) >= 11 is 0. The fraction of sp³-hybridized carbons (Fsp3) is 1.00. The Hall–Kier alpha value is -0.160. The van der Waals surface area contributed by atoms with Crippen molar-refractivity contribution in [3.8, 4) is 0 Å². The van der Waals surface area contributed by atoms with Gasteiger partial charge >= 0.3 is 0 Å². The Bertz CT molecular complexity index is 277. The molecule has 4 heteroatoms. The first-order chi connectivity index (χ1) is 7.92. The Labute approximate surface area is 103 Å². The second kappa shape index (κ2) is 4.50. The third-order valence-corrected chi connectivity index (χ3v) is 5.16. The van der Waals surface area contributed by atoms with Gasteiger partial charge < -0.3 is 10.2 Å². The van der Waals surface area contributed by atoms with E-state index in [1.54, 1.807) is 0 Å². The maximum Gasteiger partial charge on any atom is 0.101 e. The molecule has 2 saturated carbocycles. The zero-order valence-electron chi connectivity index (χ0n) is 10.8. The summed E-state index contributed by atoms with van der Waals surface area (Å²) in [6.07, 6.45) is 1.11. The lowest BCUT2D eigenvalue weighted by Crippen LogP contribution is -2.46. The van der Waals surface area contributed by atoms with Gasteiger partial charge in [-0.15, -0.1) is 0 Å². The van der Waals surface area contributed by atoms with Crippen LogP contribution < -0.4 is 0 Å². The van der Waals surface area contributed by atoms with Crippen LogP contribution >= 0.6 is 0 Å². The fourth-order valence-electron chi connectivity index (χ4n) is 3.70. The highest BCUT2D eigenvalue weighted by Gasteiger charge is 2.56. The number of hydrogen-bond acceptors (Lipinski definition) is 4. The summed E-state index contributed by atoms with van der Waals surface area (Å²) in [5, 5.41) is 28.9. The van der Waals surface area contributed by atoms with E-state index < -0.39 is 12.2 Å². The molecule has 2 aliphatic carbocycles. The Morgan fingerprint density at radius 1 is 1.24 bits per heavy atom. The summed E-state index contributed by atoms with van der Waals surface area (Å²) in [5.74, 6) is 0.390. The van der Waals surface area contributed by atoms with Crippen LogP contribution in [-0.4, -0.2) is 33.8 Å². The van der Waals surface area contributed by atoms with Gasteiger partial charge in [0, 0.05) is 0 Å². The van der Waals surface area contributed by atoms with E-state index in [1.165, 1.54) is 0 Å². The molecule has 0 spiro atoms. The Balaban J connectivity index is 2.14. The van der Waals surface area contributed by atoms with Crippen molar-refractivity contribution in [1.29, 1.82) is 0 Å². The fourth-order valence-corrected chi connectivity index (χ4v) is 3.70. The van der Waals surface area contributed by atoms with Gasteiger partial charge in [-0.2, -0.15) is 0 Å². The molecule has 6 unspecified atom stereocenters. The van der Waals surface area contributed by atoms with E-state index in [4.69, 9.17) is 4.89 Å². The van der Waals surface area contributed by atoms with Gasteiger partial charge in [-0.1, -0.05) is 20.8 Å². The van der Waals surface area contributed by atoms with Crippen LogP contribution in [0.5, 0.6) is 0 Å². The Morgan fingerprint density at radius 2 is 1.88 bits per heavy atom. The van der Waals surface area contributed by atoms with Crippen molar-refractivity contribution in [2.24, 2.45) is 23.2 Å². The van der Waals surface area contributed by atoms with Crippen molar-refractivity contribution in [2.75, 3.05) is 0 Å². The van der Waals surface area contributed by atoms with Crippen molar-refractivity contribution in [3.63, 3.8) is 0 Å². The van der Waals surface area contributed by atoms with Gasteiger partial charge in [-0.05, 0) is 42.4 Å². The topological polar surface area (TPSA) is 69.9 Å². The van der Waals surface area contributed by atoms with E-state index in [0.717, 1.165) is 19.3 Å². The van der Waals surface area contributed by atoms with Gasteiger partial charge in [0.25, 0.3) is 0 Å². The molecule has 3 N–H and O–H groups in total. The van der Waals surface area contributed by atoms with Crippen LogP contribution in [0.2, 0.25) is 0 Å². The van der Waals surface area contributed by atoms with Crippen LogP contribution in [0, 0.1) is 23.2 Å². The van der Waals surface area contributed by atoms with E-state index >= 15 is 0 Å². The van der Waals surface area contributed by atoms with Crippen molar-refractivity contribution in [2.45, 2.75) is 58.3 Å². The molecule has 0 aliphatic heterocycles. The van der Waals surface area contributed by atoms with Gasteiger partial charge in [-0.3, -0.25) is 5.26 Å².